The van der Waals surface area contributed by atoms with Crippen LogP contribution in [-0.2, 0) is 69.1 Å². The Balaban J connectivity index is 1.42. The third kappa shape index (κ3) is 18.6. The quantitative estimate of drug-likeness (QED) is 0.0275. The Morgan fingerprint density at radius 1 is 0.738 bits per heavy atom. The van der Waals surface area contributed by atoms with Crippen molar-refractivity contribution in [3.8, 4) is 0 Å². The van der Waals surface area contributed by atoms with E-state index < -0.39 is 94.3 Å². The van der Waals surface area contributed by atoms with E-state index in [2.05, 4.69) is 57.2 Å². The molecule has 2 aliphatic heterocycles. The van der Waals surface area contributed by atoms with Gasteiger partial charge in [0.2, 0.25) is 47.3 Å². The van der Waals surface area contributed by atoms with Crippen LogP contribution in [0.25, 0.3) is 10.9 Å². The summed E-state index contributed by atoms with van der Waals surface area (Å²) in [5, 5.41) is 20.6. The fourth-order valence-corrected chi connectivity index (χ4v) is 11.1. The number of hydrogen-bond acceptors (Lipinski definition) is 12. The number of hydrogen-bond donors (Lipinski definition) is 12. The highest BCUT2D eigenvalue weighted by molar-refractivity contribution is 8.00. The molecule has 22 nitrogen and oxygen atoms in total. The number of carbonyl (C=O) groups excluding carboxylic acids is 8. The SMILES string of the molecule is CCCC[C@H](NC(C)=O)C(=O)N[C@@H]1C(=O)N[C@@H](Cc2cnc[nH]2)C(=O)N[C@H](Cc2ccccc2)C(=O)N[C@@H](CCCN=C(N)N)C(=O)N[C@@H](Cc2c[nH]c3ccccc23)C(=O)N[C@H](C(N)=O)CSCc2ccc(cc2)CSC1(C)C. The number of carbonyl (C=O) groups is 8. The highest BCUT2D eigenvalue weighted by Crippen LogP contribution is 2.32. The number of benzene rings is 3. The molecule has 7 rings (SSSR count). The van der Waals surface area contributed by atoms with Gasteiger partial charge in [0, 0.05) is 83.7 Å². The summed E-state index contributed by atoms with van der Waals surface area (Å²) < 4.78 is -1.06. The maximum absolute atomic E-state index is 15.0. The number of para-hydroxylation sites is 1. The Bertz CT molecular complexity index is 2930. The van der Waals surface area contributed by atoms with Crippen molar-refractivity contribution in [1.29, 1.82) is 0 Å². The van der Waals surface area contributed by atoms with Crippen molar-refractivity contribution < 1.29 is 38.4 Å². The van der Waals surface area contributed by atoms with Crippen LogP contribution >= 0.6 is 23.5 Å². The predicted molar refractivity (Wildman–Crippen MR) is 310 cm³/mol. The van der Waals surface area contributed by atoms with Gasteiger partial charge in [-0.2, -0.15) is 11.8 Å². The molecule has 24 heteroatoms. The van der Waals surface area contributed by atoms with E-state index in [1.165, 1.54) is 43.0 Å². The van der Waals surface area contributed by atoms with Crippen LogP contribution in [0.2, 0.25) is 0 Å². The number of primary amides is 1. The molecule has 0 unspecified atom stereocenters. The van der Waals surface area contributed by atoms with E-state index in [0.717, 1.165) is 28.5 Å². The minimum absolute atomic E-state index is 0.0356. The number of amides is 8. The summed E-state index contributed by atoms with van der Waals surface area (Å²) in [5.41, 5.74) is 21.5. The Morgan fingerprint density at radius 3 is 2.00 bits per heavy atom. The number of nitrogens with two attached hydrogens (primary N) is 3. The summed E-state index contributed by atoms with van der Waals surface area (Å²) in [6.45, 7) is 6.94. The average molecular weight is 1140 g/mol. The third-order valence-electron chi connectivity index (χ3n) is 13.5. The van der Waals surface area contributed by atoms with Gasteiger partial charge in [-0.1, -0.05) is 92.6 Å². The zero-order chi connectivity index (χ0) is 57.8. The first-order chi connectivity index (χ1) is 38.3. The normalized spacial score (nSPS) is 21.2. The maximum atomic E-state index is 15.0. The van der Waals surface area contributed by atoms with Crippen LogP contribution in [0.5, 0.6) is 0 Å². The standard InChI is InChI=1S/C56H74N14O8S2/c1-5-6-16-41(64-33(2)71)50(74)70-47-54(78)68-45(26-38-28-60-32-63-38)53(77)66-43(24-34-13-8-7-9-14-34)51(75)65-42(18-12-23-61-55(58)59)49(73)67-44(25-37-27-62-40-17-11-10-15-39(37)40)52(76)69-46(48(57)72)31-79-29-35-19-21-36(22-20-35)30-80-56(47,3)4/h7-11,13-15,17,19-22,27-28,32,41-47,62H,5-6,12,16,18,23-26,29-31H2,1-4H3,(H2,57,72)(H,60,63)(H,64,71)(H,65,75)(H,66,77)(H,67,73)(H,68,78)(H,69,76)(H,70,74)(H4,58,59,61)/t41-,42-,43+,44-,45-,46-,47+/m0/s1. The number of aromatic amines is 2. The number of thioether (sulfide) groups is 2. The second kappa shape index (κ2) is 29.9. The Morgan fingerprint density at radius 2 is 1.35 bits per heavy atom. The van der Waals surface area contributed by atoms with Gasteiger partial charge in [0.25, 0.3) is 0 Å². The van der Waals surface area contributed by atoms with Crippen LogP contribution in [0.1, 0.15) is 87.7 Å². The van der Waals surface area contributed by atoms with E-state index in [0.29, 0.717) is 41.2 Å². The van der Waals surface area contributed by atoms with Crippen molar-refractivity contribution in [1.82, 2.24) is 52.2 Å². The van der Waals surface area contributed by atoms with Gasteiger partial charge < -0.3 is 64.4 Å². The summed E-state index contributed by atoms with van der Waals surface area (Å²) in [4.78, 5) is 128. The number of nitrogens with zero attached hydrogens (tertiary/aromatic N) is 2. The number of fused-ring (bicyclic) bond motifs is 24. The zero-order valence-electron chi connectivity index (χ0n) is 45.5. The van der Waals surface area contributed by atoms with Crippen LogP contribution in [0, 0.1) is 0 Å². The lowest BCUT2D eigenvalue weighted by Crippen LogP contribution is -2.63. The number of aromatic nitrogens is 3. The third-order valence-corrected chi connectivity index (χ3v) is 16.0. The van der Waals surface area contributed by atoms with E-state index in [1.54, 1.807) is 50.4 Å². The molecule has 2 aliphatic rings. The van der Waals surface area contributed by atoms with Crippen molar-refractivity contribution in [3.05, 3.63) is 126 Å². The first-order valence-electron chi connectivity index (χ1n) is 26.6. The monoisotopic (exact) mass is 1130 g/mol. The van der Waals surface area contributed by atoms with Crippen molar-refractivity contribution in [3.63, 3.8) is 0 Å². The second-order valence-electron chi connectivity index (χ2n) is 20.3. The first-order valence-corrected chi connectivity index (χ1v) is 28.7. The highest BCUT2D eigenvalue weighted by atomic mass is 32.2. The van der Waals surface area contributed by atoms with Crippen molar-refractivity contribution in [2.45, 2.75) is 138 Å². The van der Waals surface area contributed by atoms with Crippen molar-refractivity contribution >= 4 is 87.6 Å². The number of unbranched alkanes of at least 4 members (excludes halogenated alkanes) is 1. The van der Waals surface area contributed by atoms with Crippen LogP contribution in [-0.4, -0.2) is 128 Å². The van der Waals surface area contributed by atoms with E-state index in [1.807, 2.05) is 55.5 Å². The van der Waals surface area contributed by atoms with Gasteiger partial charge in [0.1, 0.15) is 42.3 Å². The van der Waals surface area contributed by atoms with Gasteiger partial charge in [0.05, 0.1) is 6.33 Å². The molecule has 0 fully saturated rings. The summed E-state index contributed by atoms with van der Waals surface area (Å²) >= 11 is 2.76. The topological polar surface area (TPSA) is 356 Å². The lowest BCUT2D eigenvalue weighted by atomic mass is 9.99. The zero-order valence-corrected chi connectivity index (χ0v) is 47.1. The summed E-state index contributed by atoms with van der Waals surface area (Å²) in [5.74, 6) is -4.81. The molecule has 0 saturated carbocycles. The van der Waals surface area contributed by atoms with Crippen LogP contribution in [0.4, 0.5) is 0 Å². The highest BCUT2D eigenvalue weighted by Gasteiger charge is 2.41. The Kier molecular flexibility index (Phi) is 23.0. The van der Waals surface area contributed by atoms with Gasteiger partial charge in [0.15, 0.2) is 5.96 Å². The molecular formula is C56H74N14O8S2. The molecule has 5 aromatic rings. The number of rotatable bonds is 17. The molecular weight excluding hydrogens is 1060 g/mol. The second-order valence-corrected chi connectivity index (χ2v) is 22.9. The van der Waals surface area contributed by atoms with Gasteiger partial charge in [-0.05, 0) is 61.4 Å². The molecule has 0 spiro atoms. The van der Waals surface area contributed by atoms with Gasteiger partial charge in [-0.3, -0.25) is 43.3 Å². The lowest BCUT2D eigenvalue weighted by molar-refractivity contribution is -0.135. The number of aliphatic imine (C=N–C) groups is 1. The number of nitrogens with one attached hydrogen (secondary N) is 9. The molecule has 2 aromatic heterocycles. The minimum Gasteiger partial charge on any atom is -0.370 e. The summed E-state index contributed by atoms with van der Waals surface area (Å²) in [6, 6.07) is 15.2. The first kappa shape index (κ1) is 61.4. The predicted octanol–water partition coefficient (Wildman–Crippen LogP) is 2.02. The van der Waals surface area contributed by atoms with Crippen LogP contribution in [0.15, 0.2) is 103 Å². The van der Waals surface area contributed by atoms with Crippen LogP contribution < -0.4 is 54.4 Å². The molecule has 80 heavy (non-hydrogen) atoms. The largest absolute Gasteiger partial charge is 0.370 e. The molecule has 0 saturated heterocycles. The van der Waals surface area contributed by atoms with Crippen molar-refractivity contribution in [2.75, 3.05) is 12.3 Å². The fourth-order valence-electron chi connectivity index (χ4n) is 9.03. The summed E-state index contributed by atoms with van der Waals surface area (Å²) in [7, 11) is 0. The van der Waals surface area contributed by atoms with E-state index in [9.17, 15) is 33.6 Å². The Labute approximate surface area is 473 Å². The van der Waals surface area contributed by atoms with E-state index >= 15 is 4.79 Å². The van der Waals surface area contributed by atoms with Crippen molar-refractivity contribution in [2.24, 2.45) is 22.2 Å². The number of imidazole rings is 1. The molecule has 2 bridgehead atoms. The Hall–Kier alpha value is -7.86. The van der Waals surface area contributed by atoms with Gasteiger partial charge in [-0.25, -0.2) is 4.98 Å². The molecule has 8 amide bonds. The number of guanidine groups is 1. The number of H-pyrrole nitrogens is 2. The fraction of sp³-hybridized carbons (Fsp3) is 0.429. The lowest BCUT2D eigenvalue weighted by Gasteiger charge is -2.35. The molecule has 7 atom stereocenters. The van der Waals surface area contributed by atoms with Gasteiger partial charge in [-0.15, -0.1) is 11.8 Å². The van der Waals surface area contributed by atoms with E-state index in [-0.39, 0.29) is 50.4 Å². The van der Waals surface area contributed by atoms with Gasteiger partial charge >= 0.3 is 0 Å². The molecule has 0 radical (unpaired) electrons. The van der Waals surface area contributed by atoms with Crippen LogP contribution in [0.3, 0.4) is 0 Å². The molecule has 3 aromatic carbocycles. The average Bonchev–Trinajstić information content (AvgIpc) is 4.12. The molecule has 15 N–H and O–H groups in total. The molecule has 4 heterocycles. The molecule has 0 aliphatic carbocycles. The maximum Gasteiger partial charge on any atom is 0.244 e. The molecule has 428 valence electrons. The van der Waals surface area contributed by atoms with E-state index in [4.69, 9.17) is 17.2 Å². The summed E-state index contributed by atoms with van der Waals surface area (Å²) in [6.07, 6.45) is 6.21. The minimum atomic E-state index is -1.38. The smallest absolute Gasteiger partial charge is 0.244 e.